The number of rotatable bonds is 7. The van der Waals surface area contributed by atoms with Gasteiger partial charge in [0.25, 0.3) is 0 Å². The standard InChI is InChI=1S/C18H17F2N7O/c19-14-2-1-13(11-15(14)20)25-18(28)23-10-9-22-16-3-4-17(27-26-16)24-12-5-7-21-8-6-12/h1-8,11H,9-10H2,(H,22,26)(H,21,24,27)(H2,23,25,28). The SMILES string of the molecule is O=C(NCCNc1ccc(Nc2ccncc2)nn1)Nc1ccc(F)c(F)c1. The third-order valence-electron chi connectivity index (χ3n) is 3.51. The van der Waals surface area contributed by atoms with Gasteiger partial charge in [-0.15, -0.1) is 10.2 Å². The second-order valence-electron chi connectivity index (χ2n) is 5.60. The Morgan fingerprint density at radius 3 is 2.32 bits per heavy atom. The van der Waals surface area contributed by atoms with Crippen molar-refractivity contribution >= 4 is 29.0 Å². The van der Waals surface area contributed by atoms with Crippen LogP contribution in [0.25, 0.3) is 0 Å². The van der Waals surface area contributed by atoms with E-state index >= 15 is 0 Å². The van der Waals surface area contributed by atoms with Crippen molar-refractivity contribution in [1.29, 1.82) is 0 Å². The van der Waals surface area contributed by atoms with Crippen LogP contribution in [0.15, 0.2) is 54.9 Å². The predicted molar refractivity (Wildman–Crippen MR) is 101 cm³/mol. The lowest BCUT2D eigenvalue weighted by Crippen LogP contribution is -2.32. The van der Waals surface area contributed by atoms with Gasteiger partial charge >= 0.3 is 6.03 Å². The van der Waals surface area contributed by atoms with Gasteiger partial charge in [0.15, 0.2) is 17.5 Å². The first kappa shape index (κ1) is 19.0. The van der Waals surface area contributed by atoms with Gasteiger partial charge in [0.1, 0.15) is 5.82 Å². The summed E-state index contributed by atoms with van der Waals surface area (Å²) in [5.74, 6) is -0.873. The van der Waals surface area contributed by atoms with Gasteiger partial charge in [0.05, 0.1) is 0 Å². The molecule has 2 aromatic heterocycles. The molecule has 0 saturated heterocycles. The first-order valence-electron chi connectivity index (χ1n) is 8.35. The summed E-state index contributed by atoms with van der Waals surface area (Å²) in [5.41, 5.74) is 1.01. The molecule has 144 valence electrons. The van der Waals surface area contributed by atoms with E-state index in [1.807, 2.05) is 12.1 Å². The maximum Gasteiger partial charge on any atom is 0.319 e. The second-order valence-corrected chi connectivity index (χ2v) is 5.60. The summed E-state index contributed by atoms with van der Waals surface area (Å²) in [6.07, 6.45) is 3.34. The highest BCUT2D eigenvalue weighted by atomic mass is 19.2. The maximum absolute atomic E-state index is 13.1. The largest absolute Gasteiger partial charge is 0.367 e. The van der Waals surface area contributed by atoms with E-state index in [-0.39, 0.29) is 12.2 Å². The van der Waals surface area contributed by atoms with Crippen LogP contribution in [0.3, 0.4) is 0 Å². The Kier molecular flexibility index (Phi) is 6.24. The Morgan fingerprint density at radius 1 is 0.857 bits per heavy atom. The molecule has 0 spiro atoms. The number of hydrogen-bond donors (Lipinski definition) is 4. The third-order valence-corrected chi connectivity index (χ3v) is 3.51. The van der Waals surface area contributed by atoms with Crippen molar-refractivity contribution < 1.29 is 13.6 Å². The monoisotopic (exact) mass is 385 g/mol. The van der Waals surface area contributed by atoms with Crippen LogP contribution in [-0.2, 0) is 0 Å². The van der Waals surface area contributed by atoms with Crippen LogP contribution >= 0.6 is 0 Å². The zero-order chi connectivity index (χ0) is 19.8. The van der Waals surface area contributed by atoms with E-state index in [4.69, 9.17) is 0 Å². The Morgan fingerprint density at radius 2 is 1.61 bits per heavy atom. The topological polar surface area (TPSA) is 104 Å². The summed E-state index contributed by atoms with van der Waals surface area (Å²) in [6.45, 7) is 0.686. The molecule has 4 N–H and O–H groups in total. The predicted octanol–water partition coefficient (Wildman–Crippen LogP) is 3.13. The van der Waals surface area contributed by atoms with E-state index in [1.165, 1.54) is 6.07 Å². The van der Waals surface area contributed by atoms with Crippen LogP contribution in [0, 0.1) is 11.6 Å². The number of halogens is 2. The fourth-order valence-electron chi connectivity index (χ4n) is 2.19. The van der Waals surface area contributed by atoms with Crippen LogP contribution in [0.5, 0.6) is 0 Å². The summed E-state index contributed by atoms with van der Waals surface area (Å²) in [7, 11) is 0. The van der Waals surface area contributed by atoms with Gasteiger partial charge in [0, 0.05) is 42.9 Å². The number of carbonyl (C=O) groups excluding carboxylic acids is 1. The van der Waals surface area contributed by atoms with E-state index in [0.717, 1.165) is 17.8 Å². The molecule has 8 nitrogen and oxygen atoms in total. The molecule has 0 bridgehead atoms. The Labute approximate surface area is 159 Å². The lowest BCUT2D eigenvalue weighted by molar-refractivity contribution is 0.252. The Hall–Kier alpha value is -3.82. The number of hydrogen-bond acceptors (Lipinski definition) is 6. The highest BCUT2D eigenvalue weighted by Crippen LogP contribution is 2.14. The van der Waals surface area contributed by atoms with Crippen LogP contribution in [-0.4, -0.2) is 34.3 Å². The lowest BCUT2D eigenvalue weighted by Gasteiger charge is -2.09. The van der Waals surface area contributed by atoms with E-state index < -0.39 is 17.7 Å². The molecule has 0 aliphatic carbocycles. The van der Waals surface area contributed by atoms with Crippen LogP contribution in [0.4, 0.5) is 36.6 Å². The Bertz CT molecular complexity index is 923. The fourth-order valence-corrected chi connectivity index (χ4v) is 2.19. The molecule has 0 radical (unpaired) electrons. The molecular weight excluding hydrogens is 368 g/mol. The minimum absolute atomic E-state index is 0.160. The van der Waals surface area contributed by atoms with Crippen molar-refractivity contribution in [1.82, 2.24) is 20.5 Å². The van der Waals surface area contributed by atoms with E-state index in [2.05, 4.69) is 36.4 Å². The molecule has 0 aliphatic rings. The van der Waals surface area contributed by atoms with Crippen LogP contribution < -0.4 is 21.3 Å². The van der Waals surface area contributed by atoms with Gasteiger partial charge in [-0.1, -0.05) is 0 Å². The zero-order valence-corrected chi connectivity index (χ0v) is 14.6. The summed E-state index contributed by atoms with van der Waals surface area (Å²) in [4.78, 5) is 15.7. The summed E-state index contributed by atoms with van der Waals surface area (Å²) in [6, 6.07) is 9.72. The average molecular weight is 385 g/mol. The first-order chi connectivity index (χ1) is 13.6. The zero-order valence-electron chi connectivity index (χ0n) is 14.6. The third kappa shape index (κ3) is 5.59. The summed E-state index contributed by atoms with van der Waals surface area (Å²) < 4.78 is 25.9. The van der Waals surface area contributed by atoms with Gasteiger partial charge < -0.3 is 21.3 Å². The number of urea groups is 1. The molecule has 3 rings (SSSR count). The van der Waals surface area contributed by atoms with Crippen LogP contribution in [0.2, 0.25) is 0 Å². The highest BCUT2D eigenvalue weighted by Gasteiger charge is 2.05. The number of nitrogens with one attached hydrogen (secondary N) is 4. The molecule has 0 atom stereocenters. The van der Waals surface area contributed by atoms with Crippen molar-refractivity contribution in [3.63, 3.8) is 0 Å². The minimum Gasteiger partial charge on any atom is -0.367 e. The summed E-state index contributed by atoms with van der Waals surface area (Å²) >= 11 is 0. The molecule has 0 aliphatic heterocycles. The van der Waals surface area contributed by atoms with Crippen molar-refractivity contribution in [3.8, 4) is 0 Å². The molecule has 0 unspecified atom stereocenters. The molecule has 0 fully saturated rings. The number of nitrogens with zero attached hydrogens (tertiary/aromatic N) is 3. The first-order valence-corrected chi connectivity index (χ1v) is 8.35. The van der Waals surface area contributed by atoms with Crippen LogP contribution in [0.1, 0.15) is 0 Å². The van der Waals surface area contributed by atoms with E-state index in [0.29, 0.717) is 18.2 Å². The van der Waals surface area contributed by atoms with E-state index in [9.17, 15) is 13.6 Å². The van der Waals surface area contributed by atoms with Crippen molar-refractivity contribution in [2.45, 2.75) is 0 Å². The number of amides is 2. The number of anilines is 4. The normalized spacial score (nSPS) is 10.2. The Balaban J connectivity index is 1.38. The average Bonchev–Trinajstić information content (AvgIpc) is 2.70. The number of pyridine rings is 1. The molecule has 28 heavy (non-hydrogen) atoms. The minimum atomic E-state index is -1.03. The molecule has 2 amide bonds. The summed E-state index contributed by atoms with van der Waals surface area (Å²) in [5, 5.41) is 19.2. The number of aromatic nitrogens is 3. The second kappa shape index (κ2) is 9.21. The maximum atomic E-state index is 13.1. The molecule has 3 aromatic rings. The lowest BCUT2D eigenvalue weighted by atomic mass is 10.3. The molecule has 0 saturated carbocycles. The highest BCUT2D eigenvalue weighted by molar-refractivity contribution is 5.89. The van der Waals surface area contributed by atoms with Gasteiger partial charge in [0.2, 0.25) is 0 Å². The van der Waals surface area contributed by atoms with Gasteiger partial charge in [-0.2, -0.15) is 0 Å². The van der Waals surface area contributed by atoms with Crippen molar-refractivity contribution in [3.05, 3.63) is 66.5 Å². The van der Waals surface area contributed by atoms with E-state index in [1.54, 1.807) is 24.5 Å². The smallest absolute Gasteiger partial charge is 0.319 e. The van der Waals surface area contributed by atoms with Crippen molar-refractivity contribution in [2.24, 2.45) is 0 Å². The molecule has 10 heteroatoms. The number of benzene rings is 1. The quantitative estimate of drug-likeness (QED) is 0.466. The van der Waals surface area contributed by atoms with Gasteiger partial charge in [-0.3, -0.25) is 4.98 Å². The fraction of sp³-hybridized carbons (Fsp3) is 0.111. The van der Waals surface area contributed by atoms with Crippen molar-refractivity contribution in [2.75, 3.05) is 29.0 Å². The number of carbonyl (C=O) groups is 1. The molecule has 2 heterocycles. The van der Waals surface area contributed by atoms with Gasteiger partial charge in [-0.25, -0.2) is 13.6 Å². The van der Waals surface area contributed by atoms with Gasteiger partial charge in [-0.05, 0) is 36.4 Å². The molecule has 1 aromatic carbocycles. The molecular formula is C18H17F2N7O.